The van der Waals surface area contributed by atoms with Crippen LogP contribution in [0.3, 0.4) is 0 Å². The standard InChI is InChI=1S/C6H3ClN2/c7-6(5-9)3-1-2-4-8/h1-3H. The number of nitriles is 2. The average molecular weight is 139 g/mol. The van der Waals surface area contributed by atoms with Crippen LogP contribution in [0.2, 0.25) is 0 Å². The molecule has 0 amide bonds. The lowest BCUT2D eigenvalue weighted by atomic mass is 10.4. The molecule has 0 aromatic rings. The molecule has 0 radical (unpaired) electrons. The Morgan fingerprint density at radius 3 is 2.56 bits per heavy atom. The lowest BCUT2D eigenvalue weighted by Gasteiger charge is -1.71. The monoisotopic (exact) mass is 138 g/mol. The van der Waals surface area contributed by atoms with Gasteiger partial charge in [0.1, 0.15) is 11.1 Å². The van der Waals surface area contributed by atoms with E-state index in [0.29, 0.717) is 0 Å². The zero-order valence-electron chi connectivity index (χ0n) is 4.50. The number of allylic oxidation sites excluding steroid dienone is 4. The van der Waals surface area contributed by atoms with Crippen LogP contribution in [0, 0.1) is 22.7 Å². The van der Waals surface area contributed by atoms with E-state index >= 15 is 0 Å². The normalized spacial score (nSPS) is 10.8. The lowest BCUT2D eigenvalue weighted by molar-refractivity contribution is 1.52. The molecule has 2 nitrogen and oxygen atoms in total. The highest BCUT2D eigenvalue weighted by molar-refractivity contribution is 6.31. The van der Waals surface area contributed by atoms with Gasteiger partial charge in [-0.15, -0.1) is 0 Å². The first-order chi connectivity index (χ1) is 4.31. The van der Waals surface area contributed by atoms with Crippen LogP contribution in [-0.4, -0.2) is 0 Å². The minimum Gasteiger partial charge on any atom is -0.193 e. The van der Waals surface area contributed by atoms with E-state index < -0.39 is 0 Å². The number of halogens is 1. The fourth-order valence-corrected chi connectivity index (χ4v) is 0.286. The molecule has 0 saturated carbocycles. The first-order valence-electron chi connectivity index (χ1n) is 2.13. The lowest BCUT2D eigenvalue weighted by Crippen LogP contribution is -1.57. The predicted molar refractivity (Wildman–Crippen MR) is 34.3 cm³/mol. The second-order valence-corrected chi connectivity index (χ2v) is 1.52. The van der Waals surface area contributed by atoms with E-state index in [0.717, 1.165) is 0 Å². The maximum absolute atomic E-state index is 8.07. The Morgan fingerprint density at radius 1 is 1.44 bits per heavy atom. The van der Waals surface area contributed by atoms with Crippen LogP contribution in [0.1, 0.15) is 0 Å². The van der Waals surface area contributed by atoms with Gasteiger partial charge in [0.15, 0.2) is 0 Å². The third kappa shape index (κ3) is 4.61. The minimum absolute atomic E-state index is 0.0708. The van der Waals surface area contributed by atoms with Crippen molar-refractivity contribution in [2.75, 3.05) is 0 Å². The average Bonchev–Trinajstić information content (AvgIpc) is 1.89. The molecule has 9 heavy (non-hydrogen) atoms. The van der Waals surface area contributed by atoms with Crippen LogP contribution in [-0.2, 0) is 0 Å². The highest BCUT2D eigenvalue weighted by atomic mass is 35.5. The molecule has 0 atom stereocenters. The van der Waals surface area contributed by atoms with Crippen LogP contribution in [0.25, 0.3) is 0 Å². The Balaban J connectivity index is 3.91. The zero-order valence-corrected chi connectivity index (χ0v) is 5.26. The van der Waals surface area contributed by atoms with Gasteiger partial charge in [0, 0.05) is 6.08 Å². The molecule has 0 heterocycles. The van der Waals surface area contributed by atoms with Crippen LogP contribution in [0.4, 0.5) is 0 Å². The molecular formula is C6H3ClN2. The van der Waals surface area contributed by atoms with Gasteiger partial charge in [-0.05, 0) is 12.2 Å². The third-order valence-corrected chi connectivity index (χ3v) is 0.731. The Hall–Kier alpha value is -1.25. The van der Waals surface area contributed by atoms with Crippen LogP contribution in [0.15, 0.2) is 23.3 Å². The summed E-state index contributed by atoms with van der Waals surface area (Å²) in [4.78, 5) is 0. The molecule has 0 N–H and O–H groups in total. The molecule has 0 aliphatic rings. The van der Waals surface area contributed by atoms with E-state index in [-0.39, 0.29) is 5.03 Å². The van der Waals surface area contributed by atoms with Crippen molar-refractivity contribution in [2.45, 2.75) is 0 Å². The Kier molecular flexibility index (Phi) is 4.22. The SMILES string of the molecule is N#CC=CC=C(Cl)C#N. The maximum Gasteiger partial charge on any atom is 0.118 e. The van der Waals surface area contributed by atoms with Crippen LogP contribution >= 0.6 is 11.6 Å². The first kappa shape index (κ1) is 7.75. The van der Waals surface area contributed by atoms with Crippen molar-refractivity contribution in [3.63, 3.8) is 0 Å². The van der Waals surface area contributed by atoms with Crippen LogP contribution in [0.5, 0.6) is 0 Å². The first-order valence-corrected chi connectivity index (χ1v) is 2.51. The fourth-order valence-electron chi connectivity index (χ4n) is 0.213. The zero-order chi connectivity index (χ0) is 7.11. The van der Waals surface area contributed by atoms with Crippen molar-refractivity contribution in [3.05, 3.63) is 23.3 Å². The summed E-state index contributed by atoms with van der Waals surface area (Å²) in [6.07, 6.45) is 4.00. The number of rotatable bonds is 1. The maximum atomic E-state index is 8.07. The largest absolute Gasteiger partial charge is 0.193 e. The minimum atomic E-state index is 0.0708. The summed E-state index contributed by atoms with van der Waals surface area (Å²) in [7, 11) is 0. The van der Waals surface area contributed by atoms with E-state index in [1.807, 2.05) is 0 Å². The summed E-state index contributed by atoms with van der Waals surface area (Å²) in [6.45, 7) is 0. The van der Waals surface area contributed by atoms with Gasteiger partial charge in [-0.3, -0.25) is 0 Å². The Labute approximate surface area is 58.3 Å². The molecular weight excluding hydrogens is 136 g/mol. The van der Waals surface area contributed by atoms with Crippen molar-refractivity contribution in [2.24, 2.45) is 0 Å². The summed E-state index contributed by atoms with van der Waals surface area (Å²) in [5, 5.41) is 16.1. The highest BCUT2D eigenvalue weighted by Crippen LogP contribution is 1.96. The van der Waals surface area contributed by atoms with Gasteiger partial charge in [0.05, 0.1) is 6.07 Å². The summed E-state index contributed by atoms with van der Waals surface area (Å²) in [6, 6.07) is 3.44. The molecule has 0 bridgehead atoms. The Bertz CT molecular complexity index is 214. The van der Waals surface area contributed by atoms with Crippen molar-refractivity contribution in [3.8, 4) is 12.1 Å². The quantitative estimate of drug-likeness (QED) is 0.409. The molecule has 44 valence electrons. The molecule has 0 fully saturated rings. The number of nitrogens with zero attached hydrogens (tertiary/aromatic N) is 2. The molecule has 0 aliphatic heterocycles. The predicted octanol–water partition coefficient (Wildman–Crippen LogP) is 1.71. The van der Waals surface area contributed by atoms with E-state index in [2.05, 4.69) is 0 Å². The molecule has 0 rings (SSSR count). The van der Waals surface area contributed by atoms with E-state index in [1.165, 1.54) is 18.2 Å². The third-order valence-electron chi connectivity index (χ3n) is 0.520. The number of hydrogen-bond acceptors (Lipinski definition) is 2. The summed E-state index contributed by atoms with van der Waals surface area (Å²) in [5.41, 5.74) is 0. The van der Waals surface area contributed by atoms with Gasteiger partial charge in [0.2, 0.25) is 0 Å². The second-order valence-electron chi connectivity index (χ2n) is 1.11. The molecule has 0 aliphatic carbocycles. The number of hydrogen-bond donors (Lipinski definition) is 0. The van der Waals surface area contributed by atoms with E-state index in [1.54, 1.807) is 12.1 Å². The molecule has 3 heteroatoms. The highest BCUT2D eigenvalue weighted by Gasteiger charge is 1.79. The molecule has 0 unspecified atom stereocenters. The van der Waals surface area contributed by atoms with Crippen molar-refractivity contribution >= 4 is 11.6 Å². The summed E-state index contributed by atoms with van der Waals surface area (Å²) >= 11 is 5.24. The van der Waals surface area contributed by atoms with Crippen molar-refractivity contribution in [1.82, 2.24) is 0 Å². The Morgan fingerprint density at radius 2 is 2.11 bits per heavy atom. The molecule has 0 aromatic carbocycles. The van der Waals surface area contributed by atoms with Gasteiger partial charge in [-0.2, -0.15) is 10.5 Å². The van der Waals surface area contributed by atoms with Crippen molar-refractivity contribution < 1.29 is 0 Å². The van der Waals surface area contributed by atoms with Gasteiger partial charge in [-0.1, -0.05) is 11.6 Å². The molecule has 0 spiro atoms. The smallest absolute Gasteiger partial charge is 0.118 e. The van der Waals surface area contributed by atoms with Gasteiger partial charge in [-0.25, -0.2) is 0 Å². The topological polar surface area (TPSA) is 47.6 Å². The summed E-state index contributed by atoms with van der Waals surface area (Å²) in [5.74, 6) is 0. The summed E-state index contributed by atoms with van der Waals surface area (Å²) < 4.78 is 0. The van der Waals surface area contributed by atoms with Gasteiger partial charge in [0.25, 0.3) is 0 Å². The van der Waals surface area contributed by atoms with Crippen LogP contribution < -0.4 is 0 Å². The molecule has 0 aromatic heterocycles. The van der Waals surface area contributed by atoms with E-state index in [9.17, 15) is 0 Å². The van der Waals surface area contributed by atoms with Gasteiger partial charge < -0.3 is 0 Å². The fraction of sp³-hybridized carbons (Fsp3) is 0. The van der Waals surface area contributed by atoms with Crippen molar-refractivity contribution in [1.29, 1.82) is 10.5 Å². The second kappa shape index (κ2) is 4.90. The van der Waals surface area contributed by atoms with E-state index in [4.69, 9.17) is 22.1 Å². The van der Waals surface area contributed by atoms with Gasteiger partial charge >= 0.3 is 0 Å². The molecule has 0 saturated heterocycles.